The van der Waals surface area contributed by atoms with Crippen LogP contribution in [0, 0.1) is 5.92 Å². The molecule has 3 atom stereocenters. The molecular formula is C12H24N2O2S. The molecule has 0 radical (unpaired) electrons. The first-order chi connectivity index (χ1) is 7.95. The Balaban J connectivity index is 2.50. The topological polar surface area (TPSA) is 49.4 Å². The summed E-state index contributed by atoms with van der Waals surface area (Å²) in [5, 5.41) is 3.30. The standard InChI is InChI=1S/C12H24N2O2S/c1-5-17(16)7-6-14-10(4)13-11(12(14)15)8-9(2)3/h9-11,13H,5-8H2,1-4H3. The van der Waals surface area contributed by atoms with Crippen LogP contribution in [0.25, 0.3) is 0 Å². The number of amides is 1. The zero-order chi connectivity index (χ0) is 13.0. The van der Waals surface area contributed by atoms with Gasteiger partial charge in [-0.25, -0.2) is 0 Å². The minimum Gasteiger partial charge on any atom is -0.325 e. The van der Waals surface area contributed by atoms with Gasteiger partial charge in [0.25, 0.3) is 0 Å². The summed E-state index contributed by atoms with van der Waals surface area (Å²) in [5.41, 5.74) is 0. The summed E-state index contributed by atoms with van der Waals surface area (Å²) in [6, 6.07) is -0.0555. The Kier molecular flexibility index (Phi) is 5.59. The first kappa shape index (κ1) is 14.6. The van der Waals surface area contributed by atoms with E-state index in [9.17, 15) is 9.00 Å². The van der Waals surface area contributed by atoms with E-state index >= 15 is 0 Å². The molecule has 0 bridgehead atoms. The molecule has 100 valence electrons. The minimum absolute atomic E-state index is 0.0555. The lowest BCUT2D eigenvalue weighted by molar-refractivity contribution is -0.129. The van der Waals surface area contributed by atoms with Gasteiger partial charge in [-0.3, -0.25) is 14.3 Å². The summed E-state index contributed by atoms with van der Waals surface area (Å²) in [6.07, 6.45) is 0.941. The van der Waals surface area contributed by atoms with Gasteiger partial charge in [0.1, 0.15) is 0 Å². The van der Waals surface area contributed by atoms with Crippen molar-refractivity contribution in [1.29, 1.82) is 0 Å². The van der Waals surface area contributed by atoms with E-state index in [1.165, 1.54) is 0 Å². The first-order valence-corrected chi connectivity index (χ1v) is 7.86. The van der Waals surface area contributed by atoms with E-state index in [1.807, 2.05) is 18.7 Å². The third kappa shape index (κ3) is 4.07. The average molecular weight is 260 g/mol. The van der Waals surface area contributed by atoms with Crippen LogP contribution in [-0.2, 0) is 15.6 Å². The van der Waals surface area contributed by atoms with Crippen molar-refractivity contribution in [3.05, 3.63) is 0 Å². The third-order valence-electron chi connectivity index (χ3n) is 3.08. The number of hydrogen-bond acceptors (Lipinski definition) is 3. The highest BCUT2D eigenvalue weighted by Gasteiger charge is 2.36. The fourth-order valence-corrected chi connectivity index (χ4v) is 2.82. The third-order valence-corrected chi connectivity index (χ3v) is 4.36. The van der Waals surface area contributed by atoms with Crippen LogP contribution in [0.2, 0.25) is 0 Å². The average Bonchev–Trinajstić information content (AvgIpc) is 2.51. The second kappa shape index (κ2) is 6.50. The predicted octanol–water partition coefficient (Wildman–Crippen LogP) is 0.947. The largest absolute Gasteiger partial charge is 0.325 e. The van der Waals surface area contributed by atoms with Gasteiger partial charge in [0.05, 0.1) is 12.2 Å². The van der Waals surface area contributed by atoms with Crippen molar-refractivity contribution < 1.29 is 9.00 Å². The molecule has 4 nitrogen and oxygen atoms in total. The van der Waals surface area contributed by atoms with E-state index in [-0.39, 0.29) is 18.1 Å². The Bertz CT molecular complexity index is 294. The van der Waals surface area contributed by atoms with E-state index in [2.05, 4.69) is 19.2 Å². The van der Waals surface area contributed by atoms with Gasteiger partial charge < -0.3 is 4.90 Å². The van der Waals surface area contributed by atoms with Crippen molar-refractivity contribution in [1.82, 2.24) is 10.2 Å². The summed E-state index contributed by atoms with van der Waals surface area (Å²) < 4.78 is 11.4. The normalized spacial score (nSPS) is 26.9. The molecule has 0 aromatic carbocycles. The fourth-order valence-electron chi connectivity index (χ4n) is 2.13. The van der Waals surface area contributed by atoms with Gasteiger partial charge in [-0.15, -0.1) is 0 Å². The van der Waals surface area contributed by atoms with Crippen molar-refractivity contribution in [3.63, 3.8) is 0 Å². The maximum absolute atomic E-state index is 12.1. The molecule has 1 saturated heterocycles. The SMILES string of the molecule is CCS(=O)CCN1C(=O)C(CC(C)C)NC1C. The van der Waals surface area contributed by atoms with Crippen LogP contribution >= 0.6 is 0 Å². The molecule has 17 heavy (non-hydrogen) atoms. The predicted molar refractivity (Wildman–Crippen MR) is 71.1 cm³/mol. The van der Waals surface area contributed by atoms with Crippen LogP contribution in [0.3, 0.4) is 0 Å². The van der Waals surface area contributed by atoms with Crippen LogP contribution < -0.4 is 5.32 Å². The van der Waals surface area contributed by atoms with E-state index in [1.54, 1.807) is 0 Å². The molecule has 3 unspecified atom stereocenters. The molecule has 1 fully saturated rings. The molecular weight excluding hydrogens is 236 g/mol. The lowest BCUT2D eigenvalue weighted by Crippen LogP contribution is -2.37. The number of hydrogen-bond donors (Lipinski definition) is 1. The molecule has 0 spiro atoms. The number of nitrogens with zero attached hydrogens (tertiary/aromatic N) is 1. The molecule has 1 N–H and O–H groups in total. The molecule has 1 aliphatic rings. The van der Waals surface area contributed by atoms with Crippen molar-refractivity contribution in [2.24, 2.45) is 5.92 Å². The Labute approximate surface area is 107 Å². The van der Waals surface area contributed by atoms with Crippen molar-refractivity contribution in [2.45, 2.75) is 46.3 Å². The number of rotatable bonds is 6. The zero-order valence-electron chi connectivity index (χ0n) is 11.2. The molecule has 0 aromatic rings. The van der Waals surface area contributed by atoms with Gasteiger partial charge in [0, 0.05) is 28.9 Å². The van der Waals surface area contributed by atoms with Gasteiger partial charge in [-0.1, -0.05) is 20.8 Å². The molecule has 0 aromatic heterocycles. The summed E-state index contributed by atoms with van der Waals surface area (Å²) >= 11 is 0. The van der Waals surface area contributed by atoms with E-state index in [0.29, 0.717) is 24.0 Å². The molecule has 0 aliphatic carbocycles. The van der Waals surface area contributed by atoms with Gasteiger partial charge in [-0.05, 0) is 19.3 Å². The van der Waals surface area contributed by atoms with Gasteiger partial charge in [0.15, 0.2) is 0 Å². The summed E-state index contributed by atoms with van der Waals surface area (Å²) in [7, 11) is -0.797. The van der Waals surface area contributed by atoms with Gasteiger partial charge in [0.2, 0.25) is 5.91 Å². The zero-order valence-corrected chi connectivity index (χ0v) is 12.0. The van der Waals surface area contributed by atoms with Crippen LogP contribution in [0.4, 0.5) is 0 Å². The van der Waals surface area contributed by atoms with Crippen molar-refractivity contribution >= 4 is 16.7 Å². The van der Waals surface area contributed by atoms with Crippen LogP contribution in [0.1, 0.15) is 34.1 Å². The lowest BCUT2D eigenvalue weighted by Gasteiger charge is -2.20. The monoisotopic (exact) mass is 260 g/mol. The van der Waals surface area contributed by atoms with Crippen LogP contribution in [0.15, 0.2) is 0 Å². The molecule has 1 aliphatic heterocycles. The first-order valence-electron chi connectivity index (χ1n) is 6.37. The molecule has 0 saturated carbocycles. The van der Waals surface area contributed by atoms with E-state index < -0.39 is 10.8 Å². The second-order valence-corrected chi connectivity index (χ2v) is 6.85. The van der Waals surface area contributed by atoms with Crippen LogP contribution in [-0.4, -0.2) is 45.3 Å². The Morgan fingerprint density at radius 2 is 2.12 bits per heavy atom. The maximum atomic E-state index is 12.1. The van der Waals surface area contributed by atoms with Gasteiger partial charge >= 0.3 is 0 Å². The lowest BCUT2D eigenvalue weighted by atomic mass is 10.0. The molecule has 1 heterocycles. The number of carbonyl (C=O) groups excluding carboxylic acids is 1. The molecule has 1 amide bonds. The summed E-state index contributed by atoms with van der Waals surface area (Å²) in [4.78, 5) is 13.9. The van der Waals surface area contributed by atoms with E-state index in [0.717, 1.165) is 6.42 Å². The quantitative estimate of drug-likeness (QED) is 0.773. The Hall–Kier alpha value is -0.420. The maximum Gasteiger partial charge on any atom is 0.241 e. The van der Waals surface area contributed by atoms with E-state index in [4.69, 9.17) is 0 Å². The smallest absolute Gasteiger partial charge is 0.241 e. The highest BCUT2D eigenvalue weighted by molar-refractivity contribution is 7.84. The highest BCUT2D eigenvalue weighted by atomic mass is 32.2. The minimum atomic E-state index is -0.797. The van der Waals surface area contributed by atoms with Crippen molar-refractivity contribution in [3.8, 4) is 0 Å². The molecule has 5 heteroatoms. The molecule has 1 rings (SSSR count). The second-order valence-electron chi connectivity index (χ2n) is 4.99. The highest BCUT2D eigenvalue weighted by Crippen LogP contribution is 2.16. The Morgan fingerprint density at radius 1 is 1.47 bits per heavy atom. The summed E-state index contributed by atoms with van der Waals surface area (Å²) in [5.74, 6) is 1.93. The number of nitrogens with one attached hydrogen (secondary N) is 1. The van der Waals surface area contributed by atoms with Crippen molar-refractivity contribution in [2.75, 3.05) is 18.1 Å². The summed E-state index contributed by atoms with van der Waals surface area (Å²) in [6.45, 7) is 8.74. The Morgan fingerprint density at radius 3 is 2.65 bits per heavy atom. The number of carbonyl (C=O) groups is 1. The van der Waals surface area contributed by atoms with Gasteiger partial charge in [-0.2, -0.15) is 0 Å². The van der Waals surface area contributed by atoms with Crippen LogP contribution in [0.5, 0.6) is 0 Å². The fraction of sp³-hybridized carbons (Fsp3) is 0.917.